The number of H-pyrrole nitrogens is 1. The minimum Gasteiger partial charge on any atom is -0.404 e. The molecule has 0 atom stereocenters. The monoisotopic (exact) mass is 287 g/mol. The van der Waals surface area contributed by atoms with Gasteiger partial charge in [0.05, 0.1) is 5.69 Å². The van der Waals surface area contributed by atoms with Gasteiger partial charge in [-0.2, -0.15) is 0 Å². The van der Waals surface area contributed by atoms with Gasteiger partial charge in [-0.1, -0.05) is 25.5 Å². The zero-order valence-corrected chi connectivity index (χ0v) is 12.9. The largest absolute Gasteiger partial charge is 0.404 e. The summed E-state index contributed by atoms with van der Waals surface area (Å²) in [5.41, 5.74) is 8.95. The van der Waals surface area contributed by atoms with Crippen LogP contribution in [0.1, 0.15) is 40.7 Å². The molecule has 0 unspecified atom stereocenters. The van der Waals surface area contributed by atoms with Gasteiger partial charge in [-0.05, 0) is 25.8 Å². The van der Waals surface area contributed by atoms with Gasteiger partial charge in [0.1, 0.15) is 12.0 Å². The van der Waals surface area contributed by atoms with Crippen molar-refractivity contribution >= 4 is 22.8 Å². The number of aromatic amines is 1. The van der Waals surface area contributed by atoms with E-state index < -0.39 is 0 Å². The number of aromatic nitrogens is 3. The summed E-state index contributed by atoms with van der Waals surface area (Å²) < 4.78 is 0. The molecule has 0 saturated heterocycles. The van der Waals surface area contributed by atoms with Gasteiger partial charge < -0.3 is 16.1 Å². The Hall–Kier alpha value is -2.43. The van der Waals surface area contributed by atoms with Crippen molar-refractivity contribution in [2.45, 2.75) is 33.6 Å². The van der Waals surface area contributed by atoms with Crippen LogP contribution >= 0.6 is 0 Å². The minimum absolute atomic E-state index is 0. The van der Waals surface area contributed by atoms with Crippen LogP contribution in [-0.4, -0.2) is 21.2 Å². The molecule has 114 valence electrons. The Morgan fingerprint density at radius 3 is 2.57 bits per heavy atom. The third-order valence-electron chi connectivity index (χ3n) is 2.99. The smallest absolute Gasteiger partial charge is 0.141 e. The molecule has 2 aromatic heterocycles. The van der Waals surface area contributed by atoms with Gasteiger partial charge in [0.15, 0.2) is 0 Å². The Labute approximate surface area is 127 Å². The average Bonchev–Trinajstić information content (AvgIpc) is 2.98. The normalized spacial score (nSPS) is 13.1. The summed E-state index contributed by atoms with van der Waals surface area (Å²) in [6.45, 7) is 6.17. The molecule has 5 nitrogen and oxygen atoms in total. The Bertz CT molecular complexity index is 643. The van der Waals surface area contributed by atoms with E-state index in [0.717, 1.165) is 11.0 Å². The van der Waals surface area contributed by atoms with Crippen LogP contribution < -0.4 is 5.73 Å². The second-order valence-corrected chi connectivity index (χ2v) is 4.32. The molecular formula is C16H25N5. The number of nitrogens with one attached hydrogen (secondary N) is 2. The summed E-state index contributed by atoms with van der Waals surface area (Å²) in [6, 6.07) is 1.86. The van der Waals surface area contributed by atoms with Gasteiger partial charge in [-0.25, -0.2) is 9.97 Å². The fourth-order valence-electron chi connectivity index (χ4n) is 1.73. The van der Waals surface area contributed by atoms with E-state index in [-0.39, 0.29) is 1.43 Å². The van der Waals surface area contributed by atoms with Gasteiger partial charge in [-0.15, -0.1) is 0 Å². The van der Waals surface area contributed by atoms with Crippen LogP contribution in [0.5, 0.6) is 0 Å². The van der Waals surface area contributed by atoms with E-state index in [2.05, 4.69) is 28.0 Å². The van der Waals surface area contributed by atoms with Gasteiger partial charge in [0.2, 0.25) is 0 Å². The highest BCUT2D eigenvalue weighted by Gasteiger charge is 2.06. The van der Waals surface area contributed by atoms with Crippen LogP contribution in [0.25, 0.3) is 16.6 Å². The van der Waals surface area contributed by atoms with E-state index in [1.54, 1.807) is 11.8 Å². The number of fused-ring (bicyclic) bond motifs is 1. The number of hydrogen-bond donors (Lipinski definition) is 3. The Morgan fingerprint density at radius 1 is 1.43 bits per heavy atom. The minimum atomic E-state index is 0. The molecule has 2 aromatic rings. The number of nitrogens with two attached hydrogens (primary N) is 1. The summed E-state index contributed by atoms with van der Waals surface area (Å²) in [7, 11) is 0. The molecule has 0 amide bonds. The quantitative estimate of drug-likeness (QED) is 0.577. The molecule has 0 saturated carbocycles. The zero-order chi connectivity index (χ0) is 15.7. The number of allylic oxidation sites excluding steroid dienone is 3. The molecule has 1 aliphatic carbocycles. The van der Waals surface area contributed by atoms with Gasteiger partial charge in [0, 0.05) is 31.0 Å². The molecule has 1 aliphatic rings. The van der Waals surface area contributed by atoms with E-state index in [1.165, 1.54) is 31.6 Å². The second kappa shape index (κ2) is 8.68. The van der Waals surface area contributed by atoms with Crippen molar-refractivity contribution in [2.75, 3.05) is 0 Å². The topological polar surface area (TPSA) is 91.4 Å². The molecule has 0 aromatic carbocycles. The highest BCUT2D eigenvalue weighted by Crippen LogP contribution is 2.18. The van der Waals surface area contributed by atoms with Crippen LogP contribution in [0, 0.1) is 5.41 Å². The SMILES string of the molecule is CC.CC1=CCC1.N=C/C(=C\N)c1ncnc2[nH]ccc12.[HH]. The van der Waals surface area contributed by atoms with E-state index in [0.29, 0.717) is 11.3 Å². The maximum absolute atomic E-state index is 7.18. The molecule has 0 aliphatic heterocycles. The molecule has 3 rings (SSSR count). The first-order valence-electron chi connectivity index (χ1n) is 7.12. The lowest BCUT2D eigenvalue weighted by atomic mass is 10.0. The molecule has 2 heterocycles. The Balaban J connectivity index is 0.000000466. The summed E-state index contributed by atoms with van der Waals surface area (Å²) in [5.74, 6) is 0. The molecule has 4 N–H and O–H groups in total. The van der Waals surface area contributed by atoms with Gasteiger partial charge in [-0.3, -0.25) is 0 Å². The predicted molar refractivity (Wildman–Crippen MR) is 91.3 cm³/mol. The maximum atomic E-state index is 7.18. The summed E-state index contributed by atoms with van der Waals surface area (Å²) in [5, 5.41) is 8.05. The molecule has 21 heavy (non-hydrogen) atoms. The summed E-state index contributed by atoms with van der Waals surface area (Å²) in [6.07, 6.45) is 10.7. The third kappa shape index (κ3) is 4.27. The van der Waals surface area contributed by atoms with Gasteiger partial charge in [0.25, 0.3) is 0 Å². The van der Waals surface area contributed by atoms with Crippen LogP contribution in [0.4, 0.5) is 0 Å². The lowest BCUT2D eigenvalue weighted by Crippen LogP contribution is -1.95. The van der Waals surface area contributed by atoms with E-state index in [4.69, 9.17) is 11.1 Å². The first-order valence-corrected chi connectivity index (χ1v) is 7.12. The Kier molecular flexibility index (Phi) is 6.87. The number of hydrogen-bond acceptors (Lipinski definition) is 4. The fraction of sp³-hybridized carbons (Fsp3) is 0.312. The van der Waals surface area contributed by atoms with Crippen molar-refractivity contribution in [3.63, 3.8) is 0 Å². The van der Waals surface area contributed by atoms with Crippen LogP contribution in [0.15, 0.2) is 36.4 Å². The van der Waals surface area contributed by atoms with E-state index in [1.807, 2.05) is 19.9 Å². The lowest BCUT2D eigenvalue weighted by Gasteiger charge is -2.05. The summed E-state index contributed by atoms with van der Waals surface area (Å²) >= 11 is 0. The molecular weight excluding hydrogens is 262 g/mol. The number of nitrogens with zero attached hydrogens (tertiary/aromatic N) is 2. The maximum Gasteiger partial charge on any atom is 0.141 e. The molecule has 0 bridgehead atoms. The molecule has 5 heteroatoms. The van der Waals surface area contributed by atoms with Crippen LogP contribution in [0.3, 0.4) is 0 Å². The number of rotatable bonds is 2. The molecule has 0 fully saturated rings. The second-order valence-electron chi connectivity index (χ2n) is 4.32. The molecule has 0 radical (unpaired) electrons. The van der Waals surface area contributed by atoms with Crippen molar-refractivity contribution in [1.82, 2.24) is 15.0 Å². The van der Waals surface area contributed by atoms with Crippen molar-refractivity contribution in [3.8, 4) is 0 Å². The van der Waals surface area contributed by atoms with E-state index in [9.17, 15) is 0 Å². The lowest BCUT2D eigenvalue weighted by molar-refractivity contribution is 0.875. The third-order valence-corrected chi connectivity index (χ3v) is 2.99. The highest BCUT2D eigenvalue weighted by atomic mass is 14.9. The predicted octanol–water partition coefficient (Wildman–Crippen LogP) is 3.91. The first-order chi connectivity index (χ1) is 10.3. The van der Waals surface area contributed by atoms with Crippen LogP contribution in [-0.2, 0) is 0 Å². The first kappa shape index (κ1) is 16.6. The average molecular weight is 287 g/mol. The van der Waals surface area contributed by atoms with Crippen LogP contribution in [0.2, 0.25) is 0 Å². The van der Waals surface area contributed by atoms with Crippen molar-refractivity contribution in [1.29, 1.82) is 5.41 Å². The zero-order valence-electron chi connectivity index (χ0n) is 12.9. The summed E-state index contributed by atoms with van der Waals surface area (Å²) in [4.78, 5) is 11.1. The van der Waals surface area contributed by atoms with E-state index >= 15 is 0 Å². The Morgan fingerprint density at radius 2 is 2.10 bits per heavy atom. The van der Waals surface area contributed by atoms with Gasteiger partial charge >= 0.3 is 0 Å². The standard InChI is InChI=1S/C9H9N5.C5H8.C2H6.H2/c10-3-6(4-11)8-7-1-2-12-9(7)14-5-13-8;1-5-3-2-4-5;1-2;/h1-5,10H,11H2,(H,12,13,14);3H,2,4H2,1H3;1-2H3;1H/b6-4+,10-3?;;;. The fourth-order valence-corrected chi connectivity index (χ4v) is 1.73. The van der Waals surface area contributed by atoms with Crippen molar-refractivity contribution in [2.24, 2.45) is 5.73 Å². The highest BCUT2D eigenvalue weighted by molar-refractivity contribution is 6.11. The van der Waals surface area contributed by atoms with Crippen molar-refractivity contribution < 1.29 is 1.43 Å². The van der Waals surface area contributed by atoms with Crippen molar-refractivity contribution in [3.05, 3.63) is 42.1 Å². The molecule has 0 spiro atoms.